The number of hydrogen-bond donors (Lipinski definition) is 1. The molecular formula is C24H25NO5. The van der Waals surface area contributed by atoms with Crippen molar-refractivity contribution in [1.82, 2.24) is 5.32 Å². The molecule has 156 valence electrons. The van der Waals surface area contributed by atoms with Crippen LogP contribution in [0.2, 0.25) is 0 Å². The molecule has 0 bridgehead atoms. The summed E-state index contributed by atoms with van der Waals surface area (Å²) in [5.41, 5.74) is 2.40. The minimum atomic E-state index is -0.239. The fourth-order valence-electron chi connectivity index (χ4n) is 2.91. The Hall–Kier alpha value is -3.67. The number of rotatable bonds is 9. The van der Waals surface area contributed by atoms with Crippen molar-refractivity contribution < 1.29 is 23.7 Å². The van der Waals surface area contributed by atoms with Crippen molar-refractivity contribution in [2.45, 2.75) is 13.2 Å². The van der Waals surface area contributed by atoms with Gasteiger partial charge in [-0.15, -0.1) is 0 Å². The van der Waals surface area contributed by atoms with Crippen LogP contribution in [-0.2, 0) is 13.2 Å². The highest BCUT2D eigenvalue weighted by Crippen LogP contribution is 2.39. The van der Waals surface area contributed by atoms with Gasteiger partial charge in [-0.1, -0.05) is 42.5 Å². The van der Waals surface area contributed by atoms with Gasteiger partial charge in [0.15, 0.2) is 11.5 Å². The van der Waals surface area contributed by atoms with Crippen LogP contribution in [0.1, 0.15) is 21.5 Å². The van der Waals surface area contributed by atoms with Crippen LogP contribution in [0.3, 0.4) is 0 Å². The average molecular weight is 407 g/mol. The summed E-state index contributed by atoms with van der Waals surface area (Å²) in [5, 5.41) is 2.90. The molecule has 0 fully saturated rings. The third-order valence-corrected chi connectivity index (χ3v) is 4.56. The van der Waals surface area contributed by atoms with Crippen LogP contribution < -0.4 is 24.3 Å². The molecule has 1 N–H and O–H groups in total. The van der Waals surface area contributed by atoms with Gasteiger partial charge in [0, 0.05) is 12.1 Å². The number of carbonyl (C=O) groups excluding carboxylic acids is 1. The highest BCUT2D eigenvalue weighted by molar-refractivity contribution is 5.95. The van der Waals surface area contributed by atoms with Crippen LogP contribution in [-0.4, -0.2) is 27.2 Å². The summed E-state index contributed by atoms with van der Waals surface area (Å²) < 4.78 is 22.0. The molecule has 0 aliphatic carbocycles. The molecule has 0 aliphatic rings. The molecule has 30 heavy (non-hydrogen) atoms. The molecule has 0 aliphatic heterocycles. The number of carbonyl (C=O) groups is 1. The lowest BCUT2D eigenvalue weighted by Crippen LogP contribution is -2.23. The van der Waals surface area contributed by atoms with E-state index in [1.54, 1.807) is 19.2 Å². The van der Waals surface area contributed by atoms with Gasteiger partial charge in [0.25, 0.3) is 5.91 Å². The quantitative estimate of drug-likeness (QED) is 0.575. The van der Waals surface area contributed by atoms with Crippen LogP contribution in [0, 0.1) is 0 Å². The summed E-state index contributed by atoms with van der Waals surface area (Å²) in [4.78, 5) is 12.7. The maximum atomic E-state index is 12.7. The first-order chi connectivity index (χ1) is 14.6. The van der Waals surface area contributed by atoms with Gasteiger partial charge in [-0.3, -0.25) is 4.79 Å². The second-order valence-electron chi connectivity index (χ2n) is 6.51. The SMILES string of the molecule is COc1ccc(CNC(=O)c2cc(OC)c(OCc3ccccc3)c(OC)c2)cc1. The predicted octanol–water partition coefficient (Wildman–Crippen LogP) is 4.22. The number of hydrogen-bond acceptors (Lipinski definition) is 5. The normalized spacial score (nSPS) is 10.2. The molecule has 0 unspecified atom stereocenters. The van der Waals surface area contributed by atoms with Gasteiger partial charge in [-0.05, 0) is 35.4 Å². The average Bonchev–Trinajstić information content (AvgIpc) is 2.81. The molecule has 0 saturated heterocycles. The fraction of sp³-hybridized carbons (Fsp3) is 0.208. The molecule has 0 radical (unpaired) electrons. The first-order valence-corrected chi connectivity index (χ1v) is 9.48. The molecule has 1 amide bonds. The van der Waals surface area contributed by atoms with Crippen LogP contribution in [0.4, 0.5) is 0 Å². The maximum Gasteiger partial charge on any atom is 0.251 e. The standard InChI is InChI=1S/C24H25NO5/c1-27-20-11-9-17(10-12-20)15-25-24(26)19-13-21(28-2)23(22(14-19)29-3)30-16-18-7-5-4-6-8-18/h4-14H,15-16H2,1-3H3,(H,25,26). The zero-order valence-electron chi connectivity index (χ0n) is 17.3. The first-order valence-electron chi connectivity index (χ1n) is 9.48. The number of ether oxygens (including phenoxy) is 4. The minimum Gasteiger partial charge on any atom is -0.497 e. The molecule has 6 nitrogen and oxygen atoms in total. The summed E-state index contributed by atoms with van der Waals surface area (Å²) in [5.74, 6) is 1.85. The topological polar surface area (TPSA) is 66.0 Å². The summed E-state index contributed by atoms with van der Waals surface area (Å²) in [7, 11) is 4.68. The molecule has 0 aromatic heterocycles. The maximum absolute atomic E-state index is 12.7. The van der Waals surface area contributed by atoms with Gasteiger partial charge < -0.3 is 24.3 Å². The third kappa shape index (κ3) is 5.23. The van der Waals surface area contributed by atoms with E-state index in [0.29, 0.717) is 36.0 Å². The molecule has 0 saturated carbocycles. The van der Waals surface area contributed by atoms with E-state index >= 15 is 0 Å². The Balaban J connectivity index is 1.73. The molecule has 0 spiro atoms. The number of benzene rings is 3. The van der Waals surface area contributed by atoms with Crippen molar-refractivity contribution in [3.05, 3.63) is 83.4 Å². The summed E-state index contributed by atoms with van der Waals surface area (Å²) in [6, 6.07) is 20.6. The van der Waals surface area contributed by atoms with E-state index < -0.39 is 0 Å². The van der Waals surface area contributed by atoms with E-state index in [-0.39, 0.29) is 5.91 Å². The smallest absolute Gasteiger partial charge is 0.251 e. The van der Waals surface area contributed by atoms with Gasteiger partial charge in [0.05, 0.1) is 21.3 Å². The van der Waals surface area contributed by atoms with Crippen LogP contribution in [0.25, 0.3) is 0 Å². The van der Waals surface area contributed by atoms with E-state index in [0.717, 1.165) is 16.9 Å². The van der Waals surface area contributed by atoms with Crippen LogP contribution >= 0.6 is 0 Å². The van der Waals surface area contributed by atoms with Gasteiger partial charge in [0.2, 0.25) is 5.75 Å². The first kappa shape index (κ1) is 21.0. The Morgan fingerprint density at radius 3 is 2.00 bits per heavy atom. The van der Waals surface area contributed by atoms with Gasteiger partial charge in [-0.2, -0.15) is 0 Å². The largest absolute Gasteiger partial charge is 0.497 e. The van der Waals surface area contributed by atoms with Crippen LogP contribution in [0.15, 0.2) is 66.7 Å². The summed E-state index contributed by atoms with van der Waals surface area (Å²) in [6.45, 7) is 0.746. The number of methoxy groups -OCH3 is 3. The Morgan fingerprint density at radius 1 is 0.800 bits per heavy atom. The van der Waals surface area contributed by atoms with E-state index in [1.807, 2.05) is 54.6 Å². The van der Waals surface area contributed by atoms with Crippen molar-refractivity contribution in [3.8, 4) is 23.0 Å². The second kappa shape index (κ2) is 10.2. The Bertz CT molecular complexity index is 946. The highest BCUT2D eigenvalue weighted by Gasteiger charge is 2.18. The lowest BCUT2D eigenvalue weighted by Gasteiger charge is -2.16. The monoisotopic (exact) mass is 407 g/mol. The Kier molecular flexibility index (Phi) is 7.16. The molecule has 0 atom stereocenters. The van der Waals surface area contributed by atoms with E-state index in [2.05, 4.69) is 5.32 Å². The minimum absolute atomic E-state index is 0.239. The zero-order valence-corrected chi connectivity index (χ0v) is 17.3. The van der Waals surface area contributed by atoms with Crippen molar-refractivity contribution in [1.29, 1.82) is 0 Å². The summed E-state index contributed by atoms with van der Waals surface area (Å²) >= 11 is 0. The molecule has 6 heteroatoms. The molecule has 3 rings (SSSR count). The van der Waals surface area contributed by atoms with Crippen molar-refractivity contribution in [2.24, 2.45) is 0 Å². The van der Waals surface area contributed by atoms with Gasteiger partial charge in [-0.25, -0.2) is 0 Å². The zero-order chi connectivity index (χ0) is 21.3. The van der Waals surface area contributed by atoms with Crippen molar-refractivity contribution in [2.75, 3.05) is 21.3 Å². The van der Waals surface area contributed by atoms with E-state index in [9.17, 15) is 4.79 Å². The van der Waals surface area contributed by atoms with Crippen LogP contribution in [0.5, 0.6) is 23.0 Å². The summed E-state index contributed by atoms with van der Waals surface area (Å²) in [6.07, 6.45) is 0. The van der Waals surface area contributed by atoms with Gasteiger partial charge >= 0.3 is 0 Å². The molecule has 0 heterocycles. The second-order valence-corrected chi connectivity index (χ2v) is 6.51. The van der Waals surface area contributed by atoms with Gasteiger partial charge in [0.1, 0.15) is 12.4 Å². The lowest BCUT2D eigenvalue weighted by atomic mass is 10.1. The van der Waals surface area contributed by atoms with Crippen molar-refractivity contribution >= 4 is 5.91 Å². The van der Waals surface area contributed by atoms with Crippen molar-refractivity contribution in [3.63, 3.8) is 0 Å². The van der Waals surface area contributed by atoms with E-state index in [4.69, 9.17) is 18.9 Å². The van der Waals surface area contributed by atoms with E-state index in [1.165, 1.54) is 14.2 Å². The number of nitrogens with one attached hydrogen (secondary N) is 1. The Labute approximate surface area is 176 Å². The predicted molar refractivity (Wildman–Crippen MR) is 114 cm³/mol. The molecular weight excluding hydrogens is 382 g/mol. The fourth-order valence-corrected chi connectivity index (χ4v) is 2.91. The number of amides is 1. The lowest BCUT2D eigenvalue weighted by molar-refractivity contribution is 0.0950. The highest BCUT2D eigenvalue weighted by atomic mass is 16.5. The Morgan fingerprint density at radius 2 is 1.43 bits per heavy atom. The molecule has 3 aromatic rings. The third-order valence-electron chi connectivity index (χ3n) is 4.56. The molecule has 3 aromatic carbocycles.